The summed E-state index contributed by atoms with van der Waals surface area (Å²) in [4.78, 5) is 24.8. The van der Waals surface area contributed by atoms with E-state index in [0.717, 1.165) is 16.7 Å². The van der Waals surface area contributed by atoms with Gasteiger partial charge < -0.3 is 30.3 Å². The Morgan fingerprint density at radius 3 is 2.07 bits per heavy atom. The van der Waals surface area contributed by atoms with E-state index < -0.39 is 34.1 Å². The number of nitrogens with zero attached hydrogens (tertiary/aromatic N) is 1. The molecule has 0 fully saturated rings. The van der Waals surface area contributed by atoms with Gasteiger partial charge in [0.25, 0.3) is 0 Å². The quantitative estimate of drug-likeness (QED) is 0.146. The first kappa shape index (κ1) is 36.3. The summed E-state index contributed by atoms with van der Waals surface area (Å²) in [6.07, 6.45) is 0.232. The number of aliphatic hydroxyl groups is 1. The molecule has 0 spiro atoms. The van der Waals surface area contributed by atoms with Crippen LogP contribution in [-0.4, -0.2) is 80.9 Å². The van der Waals surface area contributed by atoms with Crippen LogP contribution in [0.25, 0.3) is 11.1 Å². The minimum Gasteiger partial charge on any atom is -0.497 e. The van der Waals surface area contributed by atoms with Crippen molar-refractivity contribution in [1.29, 1.82) is 0 Å². The second kappa shape index (κ2) is 17.5. The highest BCUT2D eigenvalue weighted by Crippen LogP contribution is 2.27. The minimum atomic E-state index is -3.89. The van der Waals surface area contributed by atoms with E-state index in [9.17, 15) is 28.2 Å². The molecule has 2 amide bonds. The zero-order chi connectivity index (χ0) is 33.7. The highest BCUT2D eigenvalue weighted by molar-refractivity contribution is 7.89. The van der Waals surface area contributed by atoms with E-state index in [1.165, 1.54) is 23.5 Å². The Hall–Kier alpha value is -4.13. The van der Waals surface area contributed by atoms with Crippen molar-refractivity contribution in [2.45, 2.75) is 56.5 Å². The molecule has 3 rings (SSSR count). The molecule has 0 aromatic heterocycles. The summed E-state index contributed by atoms with van der Waals surface area (Å²) < 4.78 is 38.9. The van der Waals surface area contributed by atoms with Crippen LogP contribution in [0.15, 0.2) is 77.7 Å². The molecule has 250 valence electrons. The van der Waals surface area contributed by atoms with Gasteiger partial charge in [0.1, 0.15) is 17.5 Å². The number of rotatable bonds is 18. The molecule has 0 saturated heterocycles. The molecule has 2 atom stereocenters. The molecule has 2 unspecified atom stereocenters. The van der Waals surface area contributed by atoms with Crippen LogP contribution in [0.1, 0.15) is 38.7 Å². The number of unbranched alkanes of at least 4 members (excludes halogenated alkanes) is 1. The van der Waals surface area contributed by atoms with Gasteiger partial charge in [0.2, 0.25) is 15.9 Å². The van der Waals surface area contributed by atoms with E-state index in [0.29, 0.717) is 30.8 Å². The first-order valence-corrected chi connectivity index (χ1v) is 16.7. The third kappa shape index (κ3) is 10.2. The molecule has 0 heterocycles. The highest BCUT2D eigenvalue weighted by Gasteiger charge is 2.31. The lowest BCUT2D eigenvalue weighted by molar-refractivity contribution is -0.123. The summed E-state index contributed by atoms with van der Waals surface area (Å²) >= 11 is 0. The van der Waals surface area contributed by atoms with Crippen molar-refractivity contribution < 1.29 is 37.7 Å². The fourth-order valence-electron chi connectivity index (χ4n) is 5.18. The lowest BCUT2D eigenvalue weighted by Gasteiger charge is -2.31. The Morgan fingerprint density at radius 2 is 1.50 bits per heavy atom. The molecular weight excluding hydrogens is 610 g/mol. The zero-order valence-electron chi connectivity index (χ0n) is 26.8. The minimum absolute atomic E-state index is 0.0230. The molecular formula is C34H45N3O8S. The van der Waals surface area contributed by atoms with E-state index in [4.69, 9.17) is 9.47 Å². The molecule has 0 aliphatic heterocycles. The van der Waals surface area contributed by atoms with Gasteiger partial charge in [-0.25, -0.2) is 13.2 Å². The molecule has 3 aromatic rings. The SMILES string of the molecule is COc1ccc(-c2ccccc2CC(NC(=O)O)C(=O)NCCCCC(CO)N(CC(C)C)S(=O)(=O)c2ccc(OC)cc2)cc1. The van der Waals surface area contributed by atoms with Gasteiger partial charge in [0.05, 0.1) is 25.7 Å². The highest BCUT2D eigenvalue weighted by atomic mass is 32.2. The van der Waals surface area contributed by atoms with Crippen molar-refractivity contribution in [3.63, 3.8) is 0 Å². The van der Waals surface area contributed by atoms with Crippen LogP contribution < -0.4 is 20.1 Å². The average Bonchev–Trinajstić information content (AvgIpc) is 3.05. The number of nitrogens with one attached hydrogen (secondary N) is 2. The molecule has 0 bridgehead atoms. The van der Waals surface area contributed by atoms with Gasteiger partial charge >= 0.3 is 6.09 Å². The molecule has 46 heavy (non-hydrogen) atoms. The first-order valence-electron chi connectivity index (χ1n) is 15.3. The average molecular weight is 656 g/mol. The predicted molar refractivity (Wildman–Crippen MR) is 177 cm³/mol. The van der Waals surface area contributed by atoms with Crippen LogP contribution in [-0.2, 0) is 21.2 Å². The number of carbonyl (C=O) groups excluding carboxylic acids is 1. The fraction of sp³-hybridized carbons (Fsp3) is 0.412. The van der Waals surface area contributed by atoms with Crippen molar-refractivity contribution in [3.05, 3.63) is 78.4 Å². The zero-order valence-corrected chi connectivity index (χ0v) is 27.6. The summed E-state index contributed by atoms with van der Waals surface area (Å²) in [6.45, 7) is 3.96. The Bertz CT molecular complexity index is 1510. The van der Waals surface area contributed by atoms with Crippen LogP contribution in [0.2, 0.25) is 0 Å². The van der Waals surface area contributed by atoms with Crippen LogP contribution in [0.5, 0.6) is 11.5 Å². The number of ether oxygens (including phenoxy) is 2. The normalized spacial score (nSPS) is 12.8. The number of carboxylic acid groups (broad SMARTS) is 1. The van der Waals surface area contributed by atoms with Gasteiger partial charge in [-0.3, -0.25) is 4.79 Å². The third-order valence-electron chi connectivity index (χ3n) is 7.55. The molecule has 0 saturated carbocycles. The van der Waals surface area contributed by atoms with Crippen LogP contribution in [0.4, 0.5) is 4.79 Å². The van der Waals surface area contributed by atoms with Gasteiger partial charge in [-0.2, -0.15) is 4.31 Å². The number of sulfonamides is 1. The third-order valence-corrected chi connectivity index (χ3v) is 9.48. The van der Waals surface area contributed by atoms with Gasteiger partial charge in [0, 0.05) is 25.6 Å². The van der Waals surface area contributed by atoms with Gasteiger partial charge in [-0.05, 0) is 71.8 Å². The van der Waals surface area contributed by atoms with Crippen molar-refractivity contribution in [2.75, 3.05) is 33.9 Å². The van der Waals surface area contributed by atoms with Crippen molar-refractivity contribution in [1.82, 2.24) is 14.9 Å². The number of methoxy groups -OCH3 is 2. The summed E-state index contributed by atoms with van der Waals surface area (Å²) in [6, 6.07) is 19.5. The van der Waals surface area contributed by atoms with Gasteiger partial charge in [-0.15, -0.1) is 0 Å². The lowest BCUT2D eigenvalue weighted by atomic mass is 9.94. The predicted octanol–water partition coefficient (Wildman–Crippen LogP) is 4.54. The van der Waals surface area contributed by atoms with E-state index in [1.54, 1.807) is 19.2 Å². The standard InChI is InChI=1S/C34H45N3O8S/c1-24(2)22-37(46(42,43)30-18-16-29(45-4)17-19-30)27(23-38)10-7-8-20-35-33(39)32(36-34(40)41)21-26-9-5-6-11-31(26)25-12-14-28(44-3)15-13-25/h5-6,9,11-19,24,27,32,36,38H,7-8,10,20-23H2,1-4H3,(H,35,39)(H,40,41). The number of hydrogen-bond donors (Lipinski definition) is 4. The number of carbonyl (C=O) groups is 2. The van der Waals surface area contributed by atoms with Gasteiger partial charge in [0.15, 0.2) is 0 Å². The molecule has 0 aliphatic rings. The number of benzene rings is 3. The van der Waals surface area contributed by atoms with E-state index >= 15 is 0 Å². The van der Waals surface area contributed by atoms with E-state index in [2.05, 4.69) is 10.6 Å². The van der Waals surface area contributed by atoms with Crippen LogP contribution >= 0.6 is 0 Å². The number of hydrogen-bond acceptors (Lipinski definition) is 7. The molecule has 3 aromatic carbocycles. The Labute approximate surface area is 271 Å². The number of amides is 2. The van der Waals surface area contributed by atoms with Crippen molar-refractivity contribution in [2.24, 2.45) is 5.92 Å². The molecule has 4 N–H and O–H groups in total. The summed E-state index contributed by atoms with van der Waals surface area (Å²) in [5, 5.41) is 24.8. The van der Waals surface area contributed by atoms with Crippen LogP contribution in [0, 0.1) is 5.92 Å². The summed E-state index contributed by atoms with van der Waals surface area (Å²) in [5.41, 5.74) is 2.58. The molecule has 12 heteroatoms. The molecule has 11 nitrogen and oxygen atoms in total. The second-order valence-electron chi connectivity index (χ2n) is 11.4. The summed E-state index contributed by atoms with van der Waals surface area (Å²) in [7, 11) is -0.798. The number of aliphatic hydroxyl groups excluding tert-OH is 1. The topological polar surface area (TPSA) is 154 Å². The Balaban J connectivity index is 1.63. The largest absolute Gasteiger partial charge is 0.497 e. The maximum absolute atomic E-state index is 13.6. The summed E-state index contributed by atoms with van der Waals surface area (Å²) in [5.74, 6) is 0.809. The second-order valence-corrected chi connectivity index (χ2v) is 13.2. The van der Waals surface area contributed by atoms with Gasteiger partial charge in [-0.1, -0.05) is 56.7 Å². The smallest absolute Gasteiger partial charge is 0.405 e. The van der Waals surface area contributed by atoms with E-state index in [-0.39, 0.29) is 36.9 Å². The fourth-order valence-corrected chi connectivity index (χ4v) is 6.99. The first-order chi connectivity index (χ1) is 22.0. The monoisotopic (exact) mass is 655 g/mol. The van der Waals surface area contributed by atoms with Crippen molar-refractivity contribution in [3.8, 4) is 22.6 Å². The Kier molecular flexibility index (Phi) is 13.9. The molecule has 0 radical (unpaired) electrons. The maximum atomic E-state index is 13.6. The molecule has 0 aliphatic carbocycles. The van der Waals surface area contributed by atoms with Crippen molar-refractivity contribution >= 4 is 22.0 Å². The Morgan fingerprint density at radius 1 is 0.891 bits per heavy atom. The van der Waals surface area contributed by atoms with E-state index in [1.807, 2.05) is 62.4 Å². The maximum Gasteiger partial charge on any atom is 0.405 e. The lowest BCUT2D eigenvalue weighted by Crippen LogP contribution is -2.48. The van der Waals surface area contributed by atoms with Crippen LogP contribution in [0.3, 0.4) is 0 Å².